The number of rotatable bonds is 6. The topological polar surface area (TPSA) is 38.3 Å². The first kappa shape index (κ1) is 15.4. The fraction of sp³-hybridized carbons (Fsp3) is 0.562. The van der Waals surface area contributed by atoms with Gasteiger partial charge >= 0.3 is 0 Å². The molecule has 0 aliphatic carbocycles. The van der Waals surface area contributed by atoms with E-state index in [4.69, 9.17) is 4.74 Å². The van der Waals surface area contributed by atoms with E-state index >= 15 is 0 Å². The molecule has 4 heteroatoms. The van der Waals surface area contributed by atoms with Crippen LogP contribution in [0.5, 0.6) is 0 Å². The first-order valence-electron chi connectivity index (χ1n) is 7.25. The number of ether oxygens (including phenoxy) is 1. The van der Waals surface area contributed by atoms with Gasteiger partial charge in [0.25, 0.3) is 0 Å². The molecule has 1 amide bonds. The van der Waals surface area contributed by atoms with Gasteiger partial charge in [-0.2, -0.15) is 11.8 Å². The standard InChI is InChI=1S/C16H23NO2S/c1-13-3-2-4-14(11-13)12-16(18)17-7-10-20-15-5-8-19-9-6-15/h2-4,11,15H,5-10,12H2,1H3,(H,17,18). The molecule has 0 radical (unpaired) electrons. The number of amides is 1. The highest BCUT2D eigenvalue weighted by molar-refractivity contribution is 7.99. The Kier molecular flexibility index (Phi) is 6.40. The monoisotopic (exact) mass is 293 g/mol. The summed E-state index contributed by atoms with van der Waals surface area (Å²) in [6, 6.07) is 8.12. The van der Waals surface area contributed by atoms with Crippen molar-refractivity contribution >= 4 is 17.7 Å². The van der Waals surface area contributed by atoms with Gasteiger partial charge in [-0.05, 0) is 25.3 Å². The second-order valence-electron chi connectivity index (χ2n) is 5.20. The zero-order valence-electron chi connectivity index (χ0n) is 12.1. The Bertz CT molecular complexity index is 430. The van der Waals surface area contributed by atoms with Gasteiger partial charge in [0.2, 0.25) is 5.91 Å². The van der Waals surface area contributed by atoms with Crippen LogP contribution in [0.25, 0.3) is 0 Å². The Morgan fingerprint density at radius 2 is 2.20 bits per heavy atom. The number of carbonyl (C=O) groups excluding carboxylic acids is 1. The molecule has 1 fully saturated rings. The van der Waals surface area contributed by atoms with Crippen molar-refractivity contribution in [3.05, 3.63) is 35.4 Å². The minimum absolute atomic E-state index is 0.114. The first-order chi connectivity index (χ1) is 9.74. The summed E-state index contributed by atoms with van der Waals surface area (Å²) in [5, 5.41) is 3.71. The number of hydrogen-bond acceptors (Lipinski definition) is 3. The van der Waals surface area contributed by atoms with Crippen LogP contribution in [-0.4, -0.2) is 36.7 Å². The molecule has 1 aliphatic rings. The molecule has 0 atom stereocenters. The van der Waals surface area contributed by atoms with E-state index in [1.54, 1.807) is 0 Å². The zero-order chi connectivity index (χ0) is 14.2. The van der Waals surface area contributed by atoms with Crippen LogP contribution >= 0.6 is 11.8 Å². The molecule has 1 heterocycles. The predicted octanol–water partition coefficient (Wildman–Crippen LogP) is 2.57. The highest BCUT2D eigenvalue weighted by atomic mass is 32.2. The van der Waals surface area contributed by atoms with E-state index in [9.17, 15) is 4.79 Å². The molecule has 1 aliphatic heterocycles. The minimum atomic E-state index is 0.114. The smallest absolute Gasteiger partial charge is 0.224 e. The molecular weight excluding hydrogens is 270 g/mol. The summed E-state index contributed by atoms with van der Waals surface area (Å²) in [4.78, 5) is 11.8. The number of benzene rings is 1. The van der Waals surface area contributed by atoms with E-state index in [0.29, 0.717) is 11.7 Å². The van der Waals surface area contributed by atoms with Crippen LogP contribution in [0.4, 0.5) is 0 Å². The number of thioether (sulfide) groups is 1. The maximum absolute atomic E-state index is 11.8. The summed E-state index contributed by atoms with van der Waals surface area (Å²) in [5.41, 5.74) is 2.28. The van der Waals surface area contributed by atoms with E-state index in [1.807, 2.05) is 36.9 Å². The molecule has 0 saturated carbocycles. The molecule has 1 aromatic carbocycles. The van der Waals surface area contributed by atoms with Crippen LogP contribution in [-0.2, 0) is 16.0 Å². The highest BCUT2D eigenvalue weighted by Gasteiger charge is 2.13. The molecule has 1 aromatic rings. The van der Waals surface area contributed by atoms with Crippen molar-refractivity contribution in [2.75, 3.05) is 25.5 Å². The Balaban J connectivity index is 1.60. The quantitative estimate of drug-likeness (QED) is 0.819. The largest absolute Gasteiger partial charge is 0.381 e. The third-order valence-electron chi connectivity index (χ3n) is 3.39. The van der Waals surface area contributed by atoms with Crippen molar-refractivity contribution in [2.45, 2.75) is 31.4 Å². The molecular formula is C16H23NO2S. The molecule has 20 heavy (non-hydrogen) atoms. The lowest BCUT2D eigenvalue weighted by Crippen LogP contribution is -2.28. The summed E-state index contributed by atoms with van der Waals surface area (Å²) < 4.78 is 5.34. The molecule has 1 saturated heterocycles. The average Bonchev–Trinajstić information content (AvgIpc) is 2.45. The van der Waals surface area contributed by atoms with Crippen LogP contribution in [0, 0.1) is 6.92 Å². The number of carbonyl (C=O) groups is 1. The number of aryl methyl sites for hydroxylation is 1. The maximum Gasteiger partial charge on any atom is 0.224 e. The van der Waals surface area contributed by atoms with E-state index in [-0.39, 0.29) is 5.91 Å². The van der Waals surface area contributed by atoms with Gasteiger partial charge in [-0.25, -0.2) is 0 Å². The summed E-state index contributed by atoms with van der Waals surface area (Å²) in [7, 11) is 0. The van der Waals surface area contributed by atoms with Gasteiger partial charge in [0, 0.05) is 30.8 Å². The van der Waals surface area contributed by atoms with Gasteiger partial charge in [-0.3, -0.25) is 4.79 Å². The first-order valence-corrected chi connectivity index (χ1v) is 8.30. The zero-order valence-corrected chi connectivity index (χ0v) is 12.9. The van der Waals surface area contributed by atoms with E-state index in [1.165, 1.54) is 5.56 Å². The summed E-state index contributed by atoms with van der Waals surface area (Å²) >= 11 is 1.95. The maximum atomic E-state index is 11.8. The molecule has 0 bridgehead atoms. The van der Waals surface area contributed by atoms with Crippen LogP contribution in [0.3, 0.4) is 0 Å². The fourth-order valence-electron chi connectivity index (χ4n) is 2.33. The third-order valence-corrected chi connectivity index (χ3v) is 4.78. The third kappa shape index (κ3) is 5.55. The van der Waals surface area contributed by atoms with Crippen molar-refractivity contribution in [3.8, 4) is 0 Å². The number of hydrogen-bond donors (Lipinski definition) is 1. The SMILES string of the molecule is Cc1cccc(CC(=O)NCCSC2CCOCC2)c1. The lowest BCUT2D eigenvalue weighted by atomic mass is 10.1. The Morgan fingerprint density at radius 3 is 2.95 bits per heavy atom. The van der Waals surface area contributed by atoms with Gasteiger partial charge in [0.15, 0.2) is 0 Å². The molecule has 0 unspecified atom stereocenters. The van der Waals surface area contributed by atoms with Crippen molar-refractivity contribution in [1.82, 2.24) is 5.32 Å². The van der Waals surface area contributed by atoms with Crippen molar-refractivity contribution in [2.24, 2.45) is 0 Å². The summed E-state index contributed by atoms with van der Waals surface area (Å²) in [6.07, 6.45) is 2.76. The normalized spacial score (nSPS) is 16.1. The van der Waals surface area contributed by atoms with Crippen LogP contribution in [0.2, 0.25) is 0 Å². The van der Waals surface area contributed by atoms with Crippen molar-refractivity contribution in [1.29, 1.82) is 0 Å². The second-order valence-corrected chi connectivity index (χ2v) is 6.61. The van der Waals surface area contributed by atoms with Crippen LogP contribution in [0.1, 0.15) is 24.0 Å². The Morgan fingerprint density at radius 1 is 1.40 bits per heavy atom. The molecule has 2 rings (SSSR count). The predicted molar refractivity (Wildman–Crippen MR) is 84.2 cm³/mol. The van der Waals surface area contributed by atoms with Gasteiger partial charge < -0.3 is 10.1 Å². The van der Waals surface area contributed by atoms with Crippen molar-refractivity contribution < 1.29 is 9.53 Å². The Hall–Kier alpha value is -1.00. The van der Waals surface area contributed by atoms with E-state index < -0.39 is 0 Å². The lowest BCUT2D eigenvalue weighted by Gasteiger charge is -2.21. The van der Waals surface area contributed by atoms with Gasteiger partial charge in [-0.15, -0.1) is 0 Å². The van der Waals surface area contributed by atoms with Gasteiger partial charge in [0.05, 0.1) is 6.42 Å². The van der Waals surface area contributed by atoms with E-state index in [0.717, 1.165) is 43.9 Å². The van der Waals surface area contributed by atoms with Crippen molar-refractivity contribution in [3.63, 3.8) is 0 Å². The average molecular weight is 293 g/mol. The molecule has 0 aromatic heterocycles. The Labute approximate surface area is 125 Å². The van der Waals surface area contributed by atoms with Gasteiger partial charge in [-0.1, -0.05) is 29.8 Å². The van der Waals surface area contributed by atoms with E-state index in [2.05, 4.69) is 11.4 Å². The van der Waals surface area contributed by atoms with Gasteiger partial charge in [0.1, 0.15) is 0 Å². The fourth-order valence-corrected chi connectivity index (χ4v) is 3.41. The lowest BCUT2D eigenvalue weighted by molar-refractivity contribution is -0.120. The number of nitrogens with one attached hydrogen (secondary N) is 1. The van der Waals surface area contributed by atoms with Crippen LogP contribution in [0.15, 0.2) is 24.3 Å². The molecule has 3 nitrogen and oxygen atoms in total. The molecule has 110 valence electrons. The highest BCUT2D eigenvalue weighted by Crippen LogP contribution is 2.21. The molecule has 1 N–H and O–H groups in total. The summed E-state index contributed by atoms with van der Waals surface area (Å²) in [5.74, 6) is 1.10. The molecule has 0 spiro atoms. The van der Waals surface area contributed by atoms with Crippen LogP contribution < -0.4 is 5.32 Å². The summed E-state index contributed by atoms with van der Waals surface area (Å²) in [6.45, 7) is 4.58. The minimum Gasteiger partial charge on any atom is -0.381 e. The second kappa shape index (κ2) is 8.32.